The highest BCUT2D eigenvalue weighted by Crippen LogP contribution is 2.28. The summed E-state index contributed by atoms with van der Waals surface area (Å²) in [6.45, 7) is 2.52. The Balaban J connectivity index is 2.06. The normalized spacial score (nSPS) is 17.4. The molecular formula is C15H21BrN2O. The predicted octanol–water partition coefficient (Wildman–Crippen LogP) is 3.00. The van der Waals surface area contributed by atoms with Gasteiger partial charge in [-0.2, -0.15) is 0 Å². The molecule has 1 saturated carbocycles. The second-order valence-electron chi connectivity index (χ2n) is 5.34. The summed E-state index contributed by atoms with van der Waals surface area (Å²) in [5.41, 5.74) is 7.63. The molecule has 0 heterocycles. The molecule has 1 fully saturated rings. The van der Waals surface area contributed by atoms with Crippen molar-refractivity contribution < 1.29 is 4.79 Å². The number of hydrogen-bond donors (Lipinski definition) is 2. The number of benzene rings is 1. The van der Waals surface area contributed by atoms with Crippen LogP contribution in [0.3, 0.4) is 0 Å². The van der Waals surface area contributed by atoms with Crippen LogP contribution in [0.2, 0.25) is 0 Å². The van der Waals surface area contributed by atoms with E-state index in [0.29, 0.717) is 18.0 Å². The molecule has 1 unspecified atom stereocenters. The SMILES string of the molecule is Cc1ccc(C(=O)NC(CN)C2CCCC2)c(Br)c1. The highest BCUT2D eigenvalue weighted by Gasteiger charge is 2.25. The van der Waals surface area contributed by atoms with Gasteiger partial charge in [-0.3, -0.25) is 4.79 Å². The molecule has 0 radical (unpaired) electrons. The zero-order valence-corrected chi connectivity index (χ0v) is 12.9. The molecule has 1 aromatic rings. The molecule has 4 heteroatoms. The van der Waals surface area contributed by atoms with Crippen molar-refractivity contribution in [3.63, 3.8) is 0 Å². The Morgan fingerprint density at radius 2 is 2.16 bits per heavy atom. The van der Waals surface area contributed by atoms with Gasteiger partial charge in [0.1, 0.15) is 0 Å². The molecule has 2 rings (SSSR count). The third-order valence-electron chi connectivity index (χ3n) is 3.91. The van der Waals surface area contributed by atoms with E-state index in [1.807, 2.05) is 25.1 Å². The van der Waals surface area contributed by atoms with Gasteiger partial charge in [0.2, 0.25) is 0 Å². The quantitative estimate of drug-likeness (QED) is 0.894. The summed E-state index contributed by atoms with van der Waals surface area (Å²) in [5.74, 6) is 0.507. The Hall–Kier alpha value is -0.870. The van der Waals surface area contributed by atoms with Gasteiger partial charge in [-0.25, -0.2) is 0 Å². The molecule has 0 bridgehead atoms. The Labute approximate surface area is 123 Å². The molecule has 3 nitrogen and oxygen atoms in total. The van der Waals surface area contributed by atoms with Crippen LogP contribution in [0.1, 0.15) is 41.6 Å². The van der Waals surface area contributed by atoms with E-state index in [1.54, 1.807) is 0 Å². The molecule has 0 aromatic heterocycles. The van der Waals surface area contributed by atoms with Crippen LogP contribution in [-0.2, 0) is 0 Å². The standard InChI is InChI=1S/C15H21BrN2O/c1-10-6-7-12(13(16)8-10)15(19)18-14(9-17)11-4-2-3-5-11/h6-8,11,14H,2-5,9,17H2,1H3,(H,18,19). The zero-order valence-electron chi connectivity index (χ0n) is 11.3. The molecule has 0 aliphatic heterocycles. The van der Waals surface area contributed by atoms with Crippen LogP contribution in [0.15, 0.2) is 22.7 Å². The van der Waals surface area contributed by atoms with Crippen molar-refractivity contribution >= 4 is 21.8 Å². The van der Waals surface area contributed by atoms with Gasteiger partial charge in [0.05, 0.1) is 5.56 Å². The number of nitrogens with one attached hydrogen (secondary N) is 1. The predicted molar refractivity (Wildman–Crippen MR) is 81.1 cm³/mol. The van der Waals surface area contributed by atoms with Crippen molar-refractivity contribution in [2.75, 3.05) is 6.54 Å². The number of hydrogen-bond acceptors (Lipinski definition) is 2. The smallest absolute Gasteiger partial charge is 0.252 e. The first-order chi connectivity index (χ1) is 9.11. The fourth-order valence-electron chi connectivity index (χ4n) is 2.78. The maximum absolute atomic E-state index is 12.3. The molecular weight excluding hydrogens is 304 g/mol. The average molecular weight is 325 g/mol. The largest absolute Gasteiger partial charge is 0.348 e. The Morgan fingerprint density at radius 3 is 2.74 bits per heavy atom. The number of halogens is 1. The van der Waals surface area contributed by atoms with E-state index in [2.05, 4.69) is 21.2 Å². The van der Waals surface area contributed by atoms with Crippen LogP contribution in [-0.4, -0.2) is 18.5 Å². The van der Waals surface area contributed by atoms with E-state index in [-0.39, 0.29) is 11.9 Å². The number of carbonyl (C=O) groups is 1. The third kappa shape index (κ3) is 3.57. The van der Waals surface area contributed by atoms with Crippen molar-refractivity contribution in [3.8, 4) is 0 Å². The molecule has 3 N–H and O–H groups in total. The first-order valence-corrected chi connectivity index (χ1v) is 7.68. The molecule has 1 aromatic carbocycles. The summed E-state index contributed by atoms with van der Waals surface area (Å²) in [4.78, 5) is 12.3. The summed E-state index contributed by atoms with van der Waals surface area (Å²) in [6.07, 6.45) is 4.87. The minimum absolute atomic E-state index is 0.0331. The summed E-state index contributed by atoms with van der Waals surface area (Å²) in [7, 11) is 0. The van der Waals surface area contributed by atoms with Crippen molar-refractivity contribution in [2.45, 2.75) is 38.6 Å². The van der Waals surface area contributed by atoms with Gasteiger partial charge in [-0.05, 0) is 59.3 Å². The van der Waals surface area contributed by atoms with Crippen LogP contribution < -0.4 is 11.1 Å². The summed E-state index contributed by atoms with van der Waals surface area (Å²) in [5, 5.41) is 3.09. The second-order valence-corrected chi connectivity index (χ2v) is 6.20. The number of carbonyl (C=O) groups excluding carboxylic acids is 1. The number of amides is 1. The third-order valence-corrected chi connectivity index (χ3v) is 4.56. The lowest BCUT2D eigenvalue weighted by Gasteiger charge is -2.23. The zero-order chi connectivity index (χ0) is 13.8. The van der Waals surface area contributed by atoms with Gasteiger partial charge in [0, 0.05) is 17.1 Å². The highest BCUT2D eigenvalue weighted by atomic mass is 79.9. The maximum atomic E-state index is 12.3. The summed E-state index contributed by atoms with van der Waals surface area (Å²) >= 11 is 3.45. The van der Waals surface area contributed by atoms with E-state index in [4.69, 9.17) is 5.73 Å². The van der Waals surface area contributed by atoms with Gasteiger partial charge in [0.15, 0.2) is 0 Å². The first-order valence-electron chi connectivity index (χ1n) is 6.89. The second kappa shape index (κ2) is 6.53. The molecule has 104 valence electrons. The van der Waals surface area contributed by atoms with Crippen LogP contribution in [0.25, 0.3) is 0 Å². The lowest BCUT2D eigenvalue weighted by atomic mass is 9.98. The van der Waals surface area contributed by atoms with Crippen molar-refractivity contribution in [2.24, 2.45) is 11.7 Å². The molecule has 19 heavy (non-hydrogen) atoms. The van der Waals surface area contributed by atoms with E-state index < -0.39 is 0 Å². The highest BCUT2D eigenvalue weighted by molar-refractivity contribution is 9.10. The van der Waals surface area contributed by atoms with Gasteiger partial charge in [-0.1, -0.05) is 18.9 Å². The fraction of sp³-hybridized carbons (Fsp3) is 0.533. The topological polar surface area (TPSA) is 55.1 Å². The van der Waals surface area contributed by atoms with E-state index >= 15 is 0 Å². The molecule has 0 saturated heterocycles. The molecule has 1 atom stereocenters. The minimum atomic E-state index is -0.0331. The molecule has 0 spiro atoms. The van der Waals surface area contributed by atoms with E-state index in [9.17, 15) is 4.79 Å². The van der Waals surface area contributed by atoms with Crippen LogP contribution in [0.4, 0.5) is 0 Å². The van der Waals surface area contributed by atoms with E-state index in [1.165, 1.54) is 25.7 Å². The van der Waals surface area contributed by atoms with Gasteiger partial charge >= 0.3 is 0 Å². The van der Waals surface area contributed by atoms with Crippen LogP contribution >= 0.6 is 15.9 Å². The Kier molecular flexibility index (Phi) is 4.99. The van der Waals surface area contributed by atoms with Crippen molar-refractivity contribution in [3.05, 3.63) is 33.8 Å². The van der Waals surface area contributed by atoms with Crippen LogP contribution in [0, 0.1) is 12.8 Å². The minimum Gasteiger partial charge on any atom is -0.348 e. The Bertz CT molecular complexity index is 455. The summed E-state index contributed by atoms with van der Waals surface area (Å²) in [6, 6.07) is 5.87. The van der Waals surface area contributed by atoms with Crippen LogP contribution in [0.5, 0.6) is 0 Å². The number of aryl methyl sites for hydroxylation is 1. The molecule has 1 amide bonds. The molecule has 1 aliphatic rings. The maximum Gasteiger partial charge on any atom is 0.252 e. The number of nitrogens with two attached hydrogens (primary N) is 1. The Morgan fingerprint density at radius 1 is 1.47 bits per heavy atom. The molecule has 1 aliphatic carbocycles. The average Bonchev–Trinajstić information content (AvgIpc) is 2.89. The monoisotopic (exact) mass is 324 g/mol. The number of rotatable bonds is 4. The van der Waals surface area contributed by atoms with Gasteiger partial charge < -0.3 is 11.1 Å². The lowest BCUT2D eigenvalue weighted by Crippen LogP contribution is -2.44. The van der Waals surface area contributed by atoms with Gasteiger partial charge in [0.25, 0.3) is 5.91 Å². The fourth-order valence-corrected chi connectivity index (χ4v) is 3.45. The van der Waals surface area contributed by atoms with Crippen molar-refractivity contribution in [1.82, 2.24) is 5.32 Å². The summed E-state index contributed by atoms with van der Waals surface area (Å²) < 4.78 is 0.840. The first kappa shape index (κ1) is 14.5. The van der Waals surface area contributed by atoms with Gasteiger partial charge in [-0.15, -0.1) is 0 Å². The van der Waals surface area contributed by atoms with Crippen molar-refractivity contribution in [1.29, 1.82) is 0 Å². The van der Waals surface area contributed by atoms with E-state index in [0.717, 1.165) is 10.0 Å². The lowest BCUT2D eigenvalue weighted by molar-refractivity contribution is 0.0923.